The van der Waals surface area contributed by atoms with Crippen molar-refractivity contribution in [3.05, 3.63) is 84.8 Å². The Morgan fingerprint density at radius 2 is 1.72 bits per heavy atom. The van der Waals surface area contributed by atoms with Gasteiger partial charge in [-0.1, -0.05) is 61.2 Å². The average molecular weight is 325 g/mol. The molecule has 0 spiro atoms. The van der Waals surface area contributed by atoms with Gasteiger partial charge < -0.3 is 0 Å². The van der Waals surface area contributed by atoms with Crippen LogP contribution in [0.5, 0.6) is 0 Å². The highest BCUT2D eigenvalue weighted by Gasteiger charge is 2.13. The van der Waals surface area contributed by atoms with Crippen LogP contribution in [0.15, 0.2) is 73.6 Å². The summed E-state index contributed by atoms with van der Waals surface area (Å²) in [5, 5.41) is 0. The van der Waals surface area contributed by atoms with Gasteiger partial charge in [-0.05, 0) is 11.6 Å². The first-order valence-corrected chi connectivity index (χ1v) is 7.92. The van der Waals surface area contributed by atoms with Crippen LogP contribution in [-0.4, -0.2) is 20.7 Å². The highest BCUT2D eigenvalue weighted by Crippen LogP contribution is 2.31. The molecular formula is C21H15N3O. The fourth-order valence-electron chi connectivity index (χ4n) is 2.85. The quantitative estimate of drug-likeness (QED) is 0.518. The molecule has 0 aliphatic rings. The van der Waals surface area contributed by atoms with Crippen molar-refractivity contribution in [2.24, 2.45) is 0 Å². The number of hydrogen-bond donors (Lipinski definition) is 0. The predicted molar refractivity (Wildman–Crippen MR) is 99.3 cm³/mol. The molecule has 2 heterocycles. The first-order chi connectivity index (χ1) is 12.3. The Kier molecular flexibility index (Phi) is 3.71. The minimum Gasteiger partial charge on any atom is -0.298 e. The van der Waals surface area contributed by atoms with Crippen molar-refractivity contribution in [1.29, 1.82) is 0 Å². The molecule has 120 valence electrons. The van der Waals surface area contributed by atoms with Crippen LogP contribution in [0.3, 0.4) is 0 Å². The molecular weight excluding hydrogens is 310 g/mol. The summed E-state index contributed by atoms with van der Waals surface area (Å²) in [5.41, 5.74) is 5.36. The van der Waals surface area contributed by atoms with E-state index in [0.29, 0.717) is 11.3 Å². The highest BCUT2D eigenvalue weighted by molar-refractivity contribution is 5.83. The third-order valence-corrected chi connectivity index (χ3v) is 4.15. The van der Waals surface area contributed by atoms with Gasteiger partial charge in [-0.25, -0.2) is 9.97 Å². The number of imidazole rings is 1. The average Bonchev–Trinajstić information content (AvgIpc) is 3.10. The Bertz CT molecular complexity index is 1060. The van der Waals surface area contributed by atoms with E-state index in [9.17, 15) is 4.79 Å². The number of aromatic nitrogens is 3. The third-order valence-electron chi connectivity index (χ3n) is 4.15. The van der Waals surface area contributed by atoms with Crippen molar-refractivity contribution in [2.75, 3.05) is 0 Å². The van der Waals surface area contributed by atoms with Crippen molar-refractivity contribution in [3.63, 3.8) is 0 Å². The number of carbonyl (C=O) groups excluding carboxylic acids is 1. The van der Waals surface area contributed by atoms with Crippen LogP contribution in [-0.2, 0) is 0 Å². The zero-order chi connectivity index (χ0) is 17.2. The van der Waals surface area contributed by atoms with E-state index in [-0.39, 0.29) is 0 Å². The Morgan fingerprint density at radius 1 is 0.960 bits per heavy atom. The first-order valence-electron chi connectivity index (χ1n) is 7.92. The molecule has 0 fully saturated rings. The molecule has 0 N–H and O–H groups in total. The van der Waals surface area contributed by atoms with Crippen LogP contribution in [0.2, 0.25) is 0 Å². The lowest BCUT2D eigenvalue weighted by molar-refractivity contribution is 0.112. The molecule has 0 amide bonds. The molecule has 4 nitrogen and oxygen atoms in total. The molecule has 0 bridgehead atoms. The second-order valence-electron chi connectivity index (χ2n) is 5.67. The minimum atomic E-state index is 0.615. The second kappa shape index (κ2) is 6.17. The Labute approximate surface area is 145 Å². The van der Waals surface area contributed by atoms with E-state index in [1.54, 1.807) is 24.4 Å². The van der Waals surface area contributed by atoms with Crippen LogP contribution in [0.1, 0.15) is 16.1 Å². The van der Waals surface area contributed by atoms with Crippen molar-refractivity contribution in [1.82, 2.24) is 14.4 Å². The highest BCUT2D eigenvalue weighted by atomic mass is 16.1. The van der Waals surface area contributed by atoms with Crippen molar-refractivity contribution < 1.29 is 4.79 Å². The molecule has 2 aromatic heterocycles. The molecule has 2 aromatic carbocycles. The summed E-state index contributed by atoms with van der Waals surface area (Å²) in [5.74, 6) is 0.615. The SMILES string of the molecule is C=Cc1cnc2nc(-c3ccc(C=O)cc3)c(-c3ccccc3)cn12. The van der Waals surface area contributed by atoms with Gasteiger partial charge in [-0.15, -0.1) is 0 Å². The number of hydrogen-bond acceptors (Lipinski definition) is 3. The van der Waals surface area contributed by atoms with Crippen molar-refractivity contribution in [2.45, 2.75) is 0 Å². The van der Waals surface area contributed by atoms with E-state index >= 15 is 0 Å². The van der Waals surface area contributed by atoms with Gasteiger partial charge in [0.15, 0.2) is 0 Å². The number of aldehydes is 1. The summed E-state index contributed by atoms with van der Waals surface area (Å²) in [7, 11) is 0. The molecule has 0 saturated carbocycles. The van der Waals surface area contributed by atoms with E-state index < -0.39 is 0 Å². The monoisotopic (exact) mass is 325 g/mol. The fourth-order valence-corrected chi connectivity index (χ4v) is 2.85. The van der Waals surface area contributed by atoms with Gasteiger partial charge in [-0.2, -0.15) is 0 Å². The molecule has 0 atom stereocenters. The summed E-state index contributed by atoms with van der Waals surface area (Å²) in [4.78, 5) is 20.0. The van der Waals surface area contributed by atoms with Crippen LogP contribution >= 0.6 is 0 Å². The number of nitrogens with zero attached hydrogens (tertiary/aromatic N) is 3. The van der Waals surface area contributed by atoms with Gasteiger partial charge in [0.2, 0.25) is 5.78 Å². The molecule has 25 heavy (non-hydrogen) atoms. The zero-order valence-electron chi connectivity index (χ0n) is 13.5. The lowest BCUT2D eigenvalue weighted by atomic mass is 10.00. The Morgan fingerprint density at radius 3 is 2.40 bits per heavy atom. The van der Waals surface area contributed by atoms with Gasteiger partial charge in [-0.3, -0.25) is 9.20 Å². The van der Waals surface area contributed by atoms with E-state index in [2.05, 4.69) is 23.7 Å². The van der Waals surface area contributed by atoms with Crippen LogP contribution < -0.4 is 0 Å². The van der Waals surface area contributed by atoms with E-state index in [1.165, 1.54) is 0 Å². The standard InChI is InChI=1S/C21H15N3O/c1-2-18-12-22-21-23-20(17-10-8-15(14-25)9-11-17)19(13-24(18)21)16-6-4-3-5-7-16/h2-14H,1H2. The molecule has 4 heteroatoms. The lowest BCUT2D eigenvalue weighted by Gasteiger charge is -2.11. The van der Waals surface area contributed by atoms with Gasteiger partial charge in [0.1, 0.15) is 6.29 Å². The van der Waals surface area contributed by atoms with Gasteiger partial charge in [0.05, 0.1) is 17.6 Å². The van der Waals surface area contributed by atoms with Crippen LogP contribution in [0.4, 0.5) is 0 Å². The minimum absolute atomic E-state index is 0.615. The zero-order valence-corrected chi connectivity index (χ0v) is 13.5. The maximum absolute atomic E-state index is 10.9. The lowest BCUT2D eigenvalue weighted by Crippen LogP contribution is -1.97. The normalized spacial score (nSPS) is 10.7. The van der Waals surface area contributed by atoms with E-state index in [4.69, 9.17) is 4.98 Å². The molecule has 4 aromatic rings. The molecule has 0 aliphatic heterocycles. The van der Waals surface area contributed by atoms with Crippen molar-refractivity contribution in [3.8, 4) is 22.4 Å². The number of benzene rings is 2. The first kappa shape index (κ1) is 15.0. The predicted octanol–water partition coefficient (Wildman–Crippen LogP) is 4.52. The fraction of sp³-hybridized carbons (Fsp3) is 0. The summed E-state index contributed by atoms with van der Waals surface area (Å²) in [6, 6.07) is 17.5. The van der Waals surface area contributed by atoms with Crippen LogP contribution in [0, 0.1) is 0 Å². The van der Waals surface area contributed by atoms with Gasteiger partial charge in [0.25, 0.3) is 0 Å². The van der Waals surface area contributed by atoms with Crippen LogP contribution in [0.25, 0.3) is 34.2 Å². The van der Waals surface area contributed by atoms with Gasteiger partial charge in [0, 0.05) is 22.9 Å². The van der Waals surface area contributed by atoms with E-state index in [0.717, 1.165) is 34.4 Å². The maximum Gasteiger partial charge on any atom is 0.234 e. The molecule has 0 unspecified atom stereocenters. The van der Waals surface area contributed by atoms with E-state index in [1.807, 2.05) is 40.9 Å². The smallest absolute Gasteiger partial charge is 0.234 e. The molecule has 0 radical (unpaired) electrons. The number of fused-ring (bicyclic) bond motifs is 1. The molecule has 4 rings (SSSR count). The topological polar surface area (TPSA) is 47.3 Å². The largest absolute Gasteiger partial charge is 0.298 e. The molecule has 0 saturated heterocycles. The number of carbonyl (C=O) groups is 1. The summed E-state index contributed by atoms with van der Waals surface area (Å²) < 4.78 is 1.93. The number of rotatable bonds is 4. The maximum atomic E-state index is 10.9. The Balaban J connectivity index is 2.00. The Hall–Kier alpha value is -3.53. The summed E-state index contributed by atoms with van der Waals surface area (Å²) in [6.45, 7) is 3.83. The third kappa shape index (κ3) is 2.64. The van der Waals surface area contributed by atoms with Gasteiger partial charge >= 0.3 is 0 Å². The second-order valence-corrected chi connectivity index (χ2v) is 5.67. The van der Waals surface area contributed by atoms with Crippen molar-refractivity contribution >= 4 is 18.1 Å². The molecule has 0 aliphatic carbocycles. The summed E-state index contributed by atoms with van der Waals surface area (Å²) in [6.07, 6.45) is 6.38. The summed E-state index contributed by atoms with van der Waals surface area (Å²) >= 11 is 0.